The lowest BCUT2D eigenvalue weighted by molar-refractivity contribution is -0.120. The Morgan fingerprint density at radius 3 is 2.87 bits per heavy atom. The minimum atomic E-state index is -0.0472. The number of aromatic nitrogens is 1. The molecule has 0 saturated carbocycles. The summed E-state index contributed by atoms with van der Waals surface area (Å²) in [6.07, 6.45) is 0.282. The average molecular weight is 334 g/mol. The van der Waals surface area contributed by atoms with E-state index in [1.165, 1.54) is 22.5 Å². The summed E-state index contributed by atoms with van der Waals surface area (Å²) in [5.74, 6) is 0.788. The van der Waals surface area contributed by atoms with Crippen molar-refractivity contribution >= 4 is 17.2 Å². The first-order valence-electron chi connectivity index (χ1n) is 7.47. The van der Waals surface area contributed by atoms with Crippen LogP contribution in [0.4, 0.5) is 0 Å². The van der Waals surface area contributed by atoms with Crippen LogP contribution in [0.25, 0.3) is 0 Å². The predicted molar refractivity (Wildman–Crippen MR) is 91.0 cm³/mol. The monoisotopic (exact) mass is 334 g/mol. The highest BCUT2D eigenvalue weighted by atomic mass is 32.1. The van der Waals surface area contributed by atoms with Crippen LogP contribution in [0.3, 0.4) is 0 Å². The molecule has 1 amide bonds. The molecular weight excluding hydrogens is 312 g/mol. The highest BCUT2D eigenvalue weighted by Crippen LogP contribution is 2.19. The van der Waals surface area contributed by atoms with Gasteiger partial charge in [-0.3, -0.25) is 4.79 Å². The van der Waals surface area contributed by atoms with Crippen molar-refractivity contribution in [3.8, 4) is 5.75 Å². The van der Waals surface area contributed by atoms with Gasteiger partial charge in [-0.15, -0.1) is 11.3 Å². The number of nitrogens with one attached hydrogen (secondary N) is 1. The summed E-state index contributed by atoms with van der Waals surface area (Å²) < 4.78 is 10.6. The first kappa shape index (κ1) is 17.4. The van der Waals surface area contributed by atoms with E-state index < -0.39 is 0 Å². The molecule has 6 heteroatoms. The number of rotatable bonds is 8. The van der Waals surface area contributed by atoms with Gasteiger partial charge in [0, 0.05) is 19.0 Å². The number of ether oxygens (including phenoxy) is 2. The maximum Gasteiger partial charge on any atom is 0.226 e. The molecule has 0 aliphatic heterocycles. The normalized spacial score (nSPS) is 10.6. The quantitative estimate of drug-likeness (QED) is 0.754. The molecule has 0 aliphatic carbocycles. The number of aryl methyl sites for hydroxylation is 2. The van der Waals surface area contributed by atoms with Crippen LogP contribution in [0.1, 0.15) is 21.8 Å². The van der Waals surface area contributed by atoms with E-state index in [4.69, 9.17) is 9.47 Å². The second kappa shape index (κ2) is 8.64. The van der Waals surface area contributed by atoms with Gasteiger partial charge in [0.25, 0.3) is 0 Å². The number of amides is 1. The molecule has 1 aromatic heterocycles. The number of benzene rings is 1. The summed E-state index contributed by atoms with van der Waals surface area (Å²) in [4.78, 5) is 16.1. The van der Waals surface area contributed by atoms with Gasteiger partial charge in [-0.2, -0.15) is 0 Å². The lowest BCUT2D eigenvalue weighted by Crippen LogP contribution is -2.28. The van der Waals surface area contributed by atoms with Gasteiger partial charge in [-0.05, 0) is 37.1 Å². The Kier molecular flexibility index (Phi) is 6.55. The van der Waals surface area contributed by atoms with Crippen LogP contribution >= 0.6 is 11.3 Å². The third-order valence-electron chi connectivity index (χ3n) is 3.41. The average Bonchev–Trinajstić information content (AvgIpc) is 2.96. The van der Waals surface area contributed by atoms with Crippen molar-refractivity contribution in [3.63, 3.8) is 0 Å². The van der Waals surface area contributed by atoms with Crippen LogP contribution in [-0.4, -0.2) is 31.2 Å². The van der Waals surface area contributed by atoms with Crippen LogP contribution in [0.2, 0.25) is 0 Å². The van der Waals surface area contributed by atoms with Crippen molar-refractivity contribution in [2.45, 2.75) is 26.9 Å². The molecule has 0 aliphatic rings. The van der Waals surface area contributed by atoms with Crippen LogP contribution in [0.15, 0.2) is 23.6 Å². The van der Waals surface area contributed by atoms with E-state index in [-0.39, 0.29) is 12.3 Å². The second-order valence-corrected chi connectivity index (χ2v) is 6.23. The lowest BCUT2D eigenvalue weighted by Gasteiger charge is -2.06. The van der Waals surface area contributed by atoms with Crippen molar-refractivity contribution in [3.05, 3.63) is 45.4 Å². The fraction of sp³-hybridized carbons (Fsp3) is 0.412. The van der Waals surface area contributed by atoms with Crippen molar-refractivity contribution in [1.29, 1.82) is 0 Å². The summed E-state index contributed by atoms with van der Waals surface area (Å²) in [6, 6.07) is 6.02. The van der Waals surface area contributed by atoms with E-state index in [1.54, 1.807) is 7.11 Å². The third kappa shape index (κ3) is 5.65. The molecule has 5 nitrogen and oxygen atoms in total. The molecular formula is C17H22N2O3S. The molecule has 1 heterocycles. The highest BCUT2D eigenvalue weighted by Gasteiger charge is 2.08. The van der Waals surface area contributed by atoms with Gasteiger partial charge in [0.15, 0.2) is 0 Å². The molecule has 0 bridgehead atoms. The lowest BCUT2D eigenvalue weighted by atomic mass is 10.1. The van der Waals surface area contributed by atoms with Gasteiger partial charge in [0.05, 0.1) is 18.7 Å². The summed E-state index contributed by atoms with van der Waals surface area (Å²) in [5, 5.41) is 5.54. The number of nitrogens with zero attached hydrogens (tertiary/aromatic N) is 1. The summed E-state index contributed by atoms with van der Waals surface area (Å²) >= 11 is 1.51. The van der Waals surface area contributed by atoms with E-state index in [2.05, 4.69) is 24.1 Å². The third-order valence-corrected chi connectivity index (χ3v) is 4.28. The largest absolute Gasteiger partial charge is 0.486 e. The van der Waals surface area contributed by atoms with E-state index in [0.717, 1.165) is 16.5 Å². The summed E-state index contributed by atoms with van der Waals surface area (Å²) in [5.41, 5.74) is 3.21. The van der Waals surface area contributed by atoms with Crippen molar-refractivity contribution < 1.29 is 14.3 Å². The van der Waals surface area contributed by atoms with E-state index in [9.17, 15) is 4.79 Å². The van der Waals surface area contributed by atoms with Gasteiger partial charge in [0.1, 0.15) is 17.4 Å². The minimum absolute atomic E-state index is 0.0472. The maximum absolute atomic E-state index is 11.7. The first-order chi connectivity index (χ1) is 11.1. The number of methoxy groups -OCH3 is 1. The Morgan fingerprint density at radius 2 is 2.13 bits per heavy atom. The first-order valence-corrected chi connectivity index (χ1v) is 8.35. The van der Waals surface area contributed by atoms with Crippen molar-refractivity contribution in [1.82, 2.24) is 10.3 Å². The zero-order chi connectivity index (χ0) is 16.7. The van der Waals surface area contributed by atoms with Crippen LogP contribution in [-0.2, 0) is 22.6 Å². The van der Waals surface area contributed by atoms with Crippen molar-refractivity contribution in [2.24, 2.45) is 0 Å². The molecule has 0 fully saturated rings. The number of carbonyl (C=O) groups is 1. The number of hydrogen-bond donors (Lipinski definition) is 1. The second-order valence-electron chi connectivity index (χ2n) is 5.29. The van der Waals surface area contributed by atoms with Crippen LogP contribution in [0, 0.1) is 13.8 Å². The molecule has 124 valence electrons. The minimum Gasteiger partial charge on any atom is -0.486 e. The molecule has 23 heavy (non-hydrogen) atoms. The van der Waals surface area contributed by atoms with Crippen molar-refractivity contribution in [2.75, 3.05) is 20.3 Å². The zero-order valence-corrected chi connectivity index (χ0v) is 14.5. The van der Waals surface area contributed by atoms with Crippen LogP contribution in [0.5, 0.6) is 5.75 Å². The Balaban J connectivity index is 1.82. The standard InChI is InChI=1S/C17H22N2O3S/c1-12-4-5-15(8-13(12)2)22-10-17-19-14(11-23-17)9-16(20)18-6-7-21-3/h4-5,8,11H,6-7,9-10H2,1-3H3,(H,18,20). The van der Waals surface area contributed by atoms with Gasteiger partial charge in [-0.25, -0.2) is 4.98 Å². The number of thiazole rings is 1. The molecule has 0 spiro atoms. The topological polar surface area (TPSA) is 60.5 Å². The fourth-order valence-corrected chi connectivity index (χ4v) is 2.67. The summed E-state index contributed by atoms with van der Waals surface area (Å²) in [7, 11) is 1.61. The molecule has 0 atom stereocenters. The smallest absolute Gasteiger partial charge is 0.226 e. The molecule has 1 aromatic carbocycles. The fourth-order valence-electron chi connectivity index (χ4n) is 1.96. The van der Waals surface area contributed by atoms with E-state index >= 15 is 0 Å². The summed E-state index contributed by atoms with van der Waals surface area (Å²) in [6.45, 7) is 5.58. The Labute approximate surface area is 140 Å². The highest BCUT2D eigenvalue weighted by molar-refractivity contribution is 7.09. The molecule has 0 saturated heterocycles. The van der Waals surface area contributed by atoms with Crippen LogP contribution < -0.4 is 10.1 Å². The number of carbonyl (C=O) groups excluding carboxylic acids is 1. The molecule has 2 aromatic rings. The molecule has 2 rings (SSSR count). The van der Waals surface area contributed by atoms with Gasteiger partial charge >= 0.3 is 0 Å². The Hall–Kier alpha value is -1.92. The number of hydrogen-bond acceptors (Lipinski definition) is 5. The van der Waals surface area contributed by atoms with Gasteiger partial charge in [-0.1, -0.05) is 6.07 Å². The molecule has 0 unspecified atom stereocenters. The SMILES string of the molecule is COCCNC(=O)Cc1csc(COc2ccc(C)c(C)c2)n1. The van der Waals surface area contributed by atoms with E-state index in [1.807, 2.05) is 23.6 Å². The Morgan fingerprint density at radius 1 is 1.30 bits per heavy atom. The Bertz CT molecular complexity index is 655. The predicted octanol–water partition coefficient (Wildman–Crippen LogP) is 2.64. The molecule has 1 N–H and O–H groups in total. The zero-order valence-electron chi connectivity index (χ0n) is 13.7. The maximum atomic E-state index is 11.7. The van der Waals surface area contributed by atoms with E-state index in [0.29, 0.717) is 19.8 Å². The van der Waals surface area contributed by atoms with Gasteiger partial charge < -0.3 is 14.8 Å². The molecule has 0 radical (unpaired) electrons. The van der Waals surface area contributed by atoms with Gasteiger partial charge in [0.2, 0.25) is 5.91 Å².